The summed E-state index contributed by atoms with van der Waals surface area (Å²) in [6, 6.07) is 3.68. The van der Waals surface area contributed by atoms with Crippen molar-refractivity contribution >= 4 is 11.7 Å². The van der Waals surface area contributed by atoms with Crippen LogP contribution in [-0.2, 0) is 4.79 Å². The first-order valence-electron chi connectivity index (χ1n) is 14.5. The molecule has 3 aliphatic rings. The second kappa shape index (κ2) is 12.3. The van der Waals surface area contributed by atoms with E-state index in [0.29, 0.717) is 56.4 Å². The van der Waals surface area contributed by atoms with Crippen molar-refractivity contribution in [2.24, 2.45) is 0 Å². The van der Waals surface area contributed by atoms with Gasteiger partial charge >= 0.3 is 6.36 Å². The fourth-order valence-electron chi connectivity index (χ4n) is 6.30. The molecule has 42 heavy (non-hydrogen) atoms. The normalized spacial score (nSPS) is 22.9. The van der Waals surface area contributed by atoms with E-state index in [1.165, 1.54) is 12.4 Å². The fourth-order valence-corrected chi connectivity index (χ4v) is 6.30. The van der Waals surface area contributed by atoms with Crippen LogP contribution in [0.25, 0.3) is 0 Å². The molecule has 2 saturated heterocycles. The summed E-state index contributed by atoms with van der Waals surface area (Å²) in [7, 11) is 0. The smallest absolute Gasteiger partial charge is 0.403 e. The maximum absolute atomic E-state index is 14.8. The average Bonchev–Trinajstić information content (AvgIpc) is 3.25. The first-order valence-corrected chi connectivity index (χ1v) is 14.5. The van der Waals surface area contributed by atoms with Crippen molar-refractivity contribution in [2.45, 2.75) is 57.5 Å². The number of carbonyl (C=O) groups is 1. The molecule has 2 aliphatic heterocycles. The monoisotopic (exact) mass is 594 g/mol. The van der Waals surface area contributed by atoms with Gasteiger partial charge in [0.15, 0.2) is 11.6 Å². The molecule has 1 aromatic heterocycles. The summed E-state index contributed by atoms with van der Waals surface area (Å²) in [6.45, 7) is 11.6. The Bertz CT molecular complexity index is 1260. The van der Waals surface area contributed by atoms with Crippen molar-refractivity contribution in [3.05, 3.63) is 47.2 Å². The Balaban J connectivity index is 1.32. The largest absolute Gasteiger partial charge is 0.573 e. The van der Waals surface area contributed by atoms with Gasteiger partial charge in [-0.25, -0.2) is 14.4 Å². The summed E-state index contributed by atoms with van der Waals surface area (Å²) in [5, 5.41) is 10.4. The number of hydrogen-bond donors (Lipinski definition) is 1. The fraction of sp³-hybridized carbons (Fsp3) is 0.621. The van der Waals surface area contributed by atoms with Crippen molar-refractivity contribution in [3.8, 4) is 5.75 Å². The highest BCUT2D eigenvalue weighted by molar-refractivity contribution is 5.84. The Morgan fingerprint density at radius 1 is 1.07 bits per heavy atom. The molecule has 3 heterocycles. The van der Waals surface area contributed by atoms with Crippen LogP contribution >= 0.6 is 0 Å². The van der Waals surface area contributed by atoms with E-state index in [1.807, 2.05) is 6.92 Å². The number of fused-ring (bicyclic) bond motifs is 1. The molecule has 1 aliphatic carbocycles. The topological polar surface area (TPSA) is 85.3 Å². The number of halogens is 4. The highest BCUT2D eigenvalue weighted by Gasteiger charge is 2.37. The van der Waals surface area contributed by atoms with E-state index in [1.54, 1.807) is 4.90 Å². The summed E-state index contributed by atoms with van der Waals surface area (Å²) in [4.78, 5) is 31.1. The second-order valence-corrected chi connectivity index (χ2v) is 11.7. The summed E-state index contributed by atoms with van der Waals surface area (Å²) >= 11 is 0. The molecule has 0 radical (unpaired) electrons. The number of aliphatic hydroxyl groups excluding tert-OH is 1. The van der Waals surface area contributed by atoms with E-state index in [4.69, 9.17) is 0 Å². The lowest BCUT2D eigenvalue weighted by molar-refractivity contribution is -0.275. The lowest BCUT2D eigenvalue weighted by Crippen LogP contribution is -2.53. The minimum atomic E-state index is -5.02. The minimum absolute atomic E-state index is 0.116. The SMILES string of the molecule is CC1C[C@@H](O)c2ncnc(N3CCN(C(=O)C(CN4CCN(C(C)C)CC4)c4ccc(OC(F)(F)F)c(F)c4)CC3)c21. The molecule has 2 unspecified atom stereocenters. The van der Waals surface area contributed by atoms with E-state index < -0.39 is 30.0 Å². The van der Waals surface area contributed by atoms with Crippen LogP contribution in [0.4, 0.5) is 23.4 Å². The van der Waals surface area contributed by atoms with E-state index in [-0.39, 0.29) is 11.8 Å². The zero-order valence-corrected chi connectivity index (χ0v) is 24.1. The molecule has 2 fully saturated rings. The van der Waals surface area contributed by atoms with Crippen molar-refractivity contribution in [1.29, 1.82) is 0 Å². The quantitative estimate of drug-likeness (QED) is 0.488. The standard InChI is InChI=1S/C29H38F4N6O3/c1-18(2)37-8-6-36(7-9-37)16-21(20-4-5-24(22(30)15-20)42-29(31,32)33)28(41)39-12-10-38(11-13-39)27-25-19(3)14-23(40)26(25)34-17-35-27/h4-5,15,17-19,21,23,40H,6-14,16H2,1-3H3/t19?,21?,23-/m1/s1. The van der Waals surface area contributed by atoms with Gasteiger partial charge in [0.1, 0.15) is 12.1 Å². The minimum Gasteiger partial charge on any atom is -0.403 e. The number of alkyl halides is 3. The van der Waals surface area contributed by atoms with Gasteiger partial charge in [-0.05, 0) is 43.9 Å². The Labute approximate surface area is 243 Å². The molecular formula is C29H38F4N6O3. The number of anilines is 1. The predicted octanol–water partition coefficient (Wildman–Crippen LogP) is 3.51. The summed E-state index contributed by atoms with van der Waals surface area (Å²) < 4.78 is 56.8. The van der Waals surface area contributed by atoms with Crippen molar-refractivity contribution in [1.82, 2.24) is 24.7 Å². The third kappa shape index (κ3) is 6.63. The van der Waals surface area contributed by atoms with Crippen LogP contribution in [0.2, 0.25) is 0 Å². The molecule has 9 nitrogen and oxygen atoms in total. The third-order valence-electron chi connectivity index (χ3n) is 8.63. The molecule has 0 saturated carbocycles. The number of rotatable bonds is 7. The van der Waals surface area contributed by atoms with Gasteiger partial charge in [-0.2, -0.15) is 0 Å². The molecule has 1 N–H and O–H groups in total. The van der Waals surface area contributed by atoms with Crippen LogP contribution in [0.15, 0.2) is 24.5 Å². The molecule has 3 atom stereocenters. The van der Waals surface area contributed by atoms with Gasteiger partial charge in [0.25, 0.3) is 0 Å². The molecule has 230 valence electrons. The first kappa shape index (κ1) is 30.4. The molecule has 13 heteroatoms. The van der Waals surface area contributed by atoms with Gasteiger partial charge in [0.2, 0.25) is 5.91 Å². The third-order valence-corrected chi connectivity index (χ3v) is 8.63. The molecule has 0 bridgehead atoms. The zero-order chi connectivity index (χ0) is 30.2. The lowest BCUT2D eigenvalue weighted by Gasteiger charge is -2.40. The summed E-state index contributed by atoms with van der Waals surface area (Å²) in [5.74, 6) is -2.14. The first-order chi connectivity index (χ1) is 19.9. The van der Waals surface area contributed by atoms with E-state index in [9.17, 15) is 27.5 Å². The van der Waals surface area contributed by atoms with Crippen LogP contribution in [0.3, 0.4) is 0 Å². The Morgan fingerprint density at radius 3 is 2.38 bits per heavy atom. The van der Waals surface area contributed by atoms with Crippen molar-refractivity contribution < 1.29 is 32.2 Å². The molecule has 1 aromatic carbocycles. The molecule has 1 amide bonds. The van der Waals surface area contributed by atoms with Gasteiger partial charge in [-0.3, -0.25) is 14.6 Å². The summed E-state index contributed by atoms with van der Waals surface area (Å²) in [6.07, 6.45) is -3.58. The zero-order valence-electron chi connectivity index (χ0n) is 24.1. The number of ether oxygens (including phenoxy) is 1. The number of carbonyl (C=O) groups excluding carboxylic acids is 1. The number of amides is 1. The number of aliphatic hydroxyl groups is 1. The van der Waals surface area contributed by atoms with Crippen molar-refractivity contribution in [2.75, 3.05) is 63.8 Å². The average molecular weight is 595 g/mol. The van der Waals surface area contributed by atoms with E-state index >= 15 is 0 Å². The van der Waals surface area contributed by atoms with Gasteiger partial charge in [0, 0.05) is 70.5 Å². The Hall–Kier alpha value is -3.03. The highest BCUT2D eigenvalue weighted by atomic mass is 19.4. The molecule has 5 rings (SSSR count). The number of benzene rings is 1. The Morgan fingerprint density at radius 2 is 1.76 bits per heavy atom. The van der Waals surface area contributed by atoms with Crippen LogP contribution < -0.4 is 9.64 Å². The Kier molecular flexibility index (Phi) is 8.91. The van der Waals surface area contributed by atoms with Gasteiger partial charge in [-0.15, -0.1) is 13.2 Å². The maximum atomic E-state index is 14.8. The van der Waals surface area contributed by atoms with Gasteiger partial charge in [-0.1, -0.05) is 13.0 Å². The molecular weight excluding hydrogens is 556 g/mol. The van der Waals surface area contributed by atoms with Gasteiger partial charge < -0.3 is 19.6 Å². The van der Waals surface area contributed by atoms with Crippen LogP contribution in [0.5, 0.6) is 5.75 Å². The second-order valence-electron chi connectivity index (χ2n) is 11.7. The number of hydrogen-bond acceptors (Lipinski definition) is 8. The highest BCUT2D eigenvalue weighted by Crippen LogP contribution is 2.43. The van der Waals surface area contributed by atoms with Crippen LogP contribution in [0.1, 0.15) is 62.0 Å². The van der Waals surface area contributed by atoms with Crippen molar-refractivity contribution in [3.63, 3.8) is 0 Å². The molecule has 2 aromatic rings. The maximum Gasteiger partial charge on any atom is 0.573 e. The van der Waals surface area contributed by atoms with Crippen LogP contribution in [-0.4, -0.2) is 107 Å². The van der Waals surface area contributed by atoms with Crippen LogP contribution in [0, 0.1) is 5.82 Å². The van der Waals surface area contributed by atoms with E-state index in [2.05, 4.69) is 43.3 Å². The lowest BCUT2D eigenvalue weighted by atomic mass is 9.95. The summed E-state index contributed by atoms with van der Waals surface area (Å²) in [5.41, 5.74) is 1.92. The predicted molar refractivity (Wildman–Crippen MR) is 148 cm³/mol. The van der Waals surface area contributed by atoms with Gasteiger partial charge in [0.05, 0.1) is 17.7 Å². The van der Waals surface area contributed by atoms with E-state index in [0.717, 1.165) is 49.7 Å². The number of aromatic nitrogens is 2. The molecule has 0 spiro atoms. The number of piperazine rings is 2. The number of nitrogens with zero attached hydrogens (tertiary/aromatic N) is 6.